The second-order valence-electron chi connectivity index (χ2n) is 6.63. The molecule has 0 saturated heterocycles. The minimum atomic E-state index is -0.140. The molecule has 0 unspecified atom stereocenters. The van der Waals surface area contributed by atoms with Crippen LogP contribution >= 0.6 is 24.0 Å². The van der Waals surface area contributed by atoms with Crippen LogP contribution < -0.4 is 20.7 Å². The molecule has 3 rings (SSSR count). The lowest BCUT2D eigenvalue weighted by Crippen LogP contribution is -2.42. The molecule has 31 heavy (non-hydrogen) atoms. The maximum atomic E-state index is 12.0. The number of nitrogens with one attached hydrogen (secondary N) is 3. The molecule has 0 radical (unpaired) electrons. The number of carbonyl (C=O) groups is 1. The second kappa shape index (κ2) is 13.4. The van der Waals surface area contributed by atoms with Crippen LogP contribution in [0.1, 0.15) is 16.8 Å². The number of amides is 1. The van der Waals surface area contributed by atoms with Gasteiger partial charge in [-0.1, -0.05) is 30.3 Å². The van der Waals surface area contributed by atoms with Gasteiger partial charge in [0.25, 0.3) is 5.91 Å². The van der Waals surface area contributed by atoms with E-state index in [-0.39, 0.29) is 29.9 Å². The molecule has 0 aliphatic heterocycles. The van der Waals surface area contributed by atoms with Gasteiger partial charge in [0.05, 0.1) is 12.2 Å². The van der Waals surface area contributed by atoms with Crippen molar-refractivity contribution in [3.05, 3.63) is 72.6 Å². The van der Waals surface area contributed by atoms with Crippen molar-refractivity contribution in [1.82, 2.24) is 20.9 Å². The van der Waals surface area contributed by atoms with Crippen LogP contribution in [0.5, 0.6) is 5.75 Å². The van der Waals surface area contributed by atoms with Crippen LogP contribution in [-0.2, 0) is 0 Å². The van der Waals surface area contributed by atoms with E-state index >= 15 is 0 Å². The molecule has 0 atom stereocenters. The maximum absolute atomic E-state index is 12.0. The highest BCUT2D eigenvalue weighted by Crippen LogP contribution is 2.20. The number of halogens is 1. The lowest BCUT2D eigenvalue weighted by Gasteiger charge is -2.13. The number of aliphatic imine (C=N–C) groups is 1. The van der Waals surface area contributed by atoms with Gasteiger partial charge in [0.1, 0.15) is 5.75 Å². The Labute approximate surface area is 199 Å². The third-order valence-electron chi connectivity index (χ3n) is 4.45. The first-order chi connectivity index (χ1) is 14.8. The Balaban J connectivity index is 0.00000341. The predicted octanol–water partition coefficient (Wildman–Crippen LogP) is 3.22. The van der Waals surface area contributed by atoms with Crippen LogP contribution in [0.2, 0.25) is 0 Å². The number of pyridine rings is 1. The number of guanidine groups is 1. The summed E-state index contributed by atoms with van der Waals surface area (Å²) in [5, 5.41) is 11.6. The lowest BCUT2D eigenvalue weighted by atomic mass is 10.1. The molecule has 0 aliphatic rings. The number of hydrogen-bond donors (Lipinski definition) is 3. The normalized spacial score (nSPS) is 10.8. The van der Waals surface area contributed by atoms with Gasteiger partial charge in [-0.05, 0) is 41.5 Å². The zero-order valence-corrected chi connectivity index (χ0v) is 19.8. The zero-order chi connectivity index (χ0) is 21.0. The Morgan fingerprint density at radius 1 is 0.968 bits per heavy atom. The fourth-order valence-corrected chi connectivity index (χ4v) is 2.90. The number of aromatic nitrogens is 1. The third kappa shape index (κ3) is 8.05. The van der Waals surface area contributed by atoms with E-state index in [0.717, 1.165) is 18.7 Å². The summed E-state index contributed by atoms with van der Waals surface area (Å²) in [6.07, 6.45) is 4.02. The fraction of sp³-hybridized carbons (Fsp3) is 0.261. The van der Waals surface area contributed by atoms with E-state index in [2.05, 4.69) is 50.2 Å². The molecule has 0 saturated carbocycles. The first kappa shape index (κ1) is 24.4. The monoisotopic (exact) mass is 533 g/mol. The first-order valence-corrected chi connectivity index (χ1v) is 10.0. The average molecular weight is 533 g/mol. The van der Waals surface area contributed by atoms with Crippen molar-refractivity contribution in [2.24, 2.45) is 4.99 Å². The average Bonchev–Trinajstić information content (AvgIpc) is 2.80. The van der Waals surface area contributed by atoms with E-state index in [4.69, 9.17) is 4.74 Å². The summed E-state index contributed by atoms with van der Waals surface area (Å²) in [6.45, 7) is 2.40. The van der Waals surface area contributed by atoms with Crippen LogP contribution in [-0.4, -0.2) is 50.1 Å². The molecule has 3 N–H and O–H groups in total. The number of carbonyl (C=O) groups excluding carboxylic acids is 1. The standard InChI is InChI=1S/C23H27N5O2.HI/c1-24-23(28-14-13-26-22(29)20-8-4-11-25-17-20)27-12-5-15-30-21-10-9-18-6-2-3-7-19(18)16-21;/h2-4,6-11,16-17H,5,12-15H2,1H3,(H,26,29)(H2,24,27,28);1H. The van der Waals surface area contributed by atoms with Crippen LogP contribution in [0.4, 0.5) is 0 Å². The number of benzene rings is 2. The summed E-state index contributed by atoms with van der Waals surface area (Å²) >= 11 is 0. The highest BCUT2D eigenvalue weighted by molar-refractivity contribution is 14.0. The van der Waals surface area contributed by atoms with Gasteiger partial charge < -0.3 is 20.7 Å². The van der Waals surface area contributed by atoms with Crippen LogP contribution in [0, 0.1) is 0 Å². The van der Waals surface area contributed by atoms with E-state index < -0.39 is 0 Å². The van der Waals surface area contributed by atoms with Gasteiger partial charge >= 0.3 is 0 Å². The molecule has 164 valence electrons. The molecule has 1 amide bonds. The molecule has 0 bridgehead atoms. The Morgan fingerprint density at radius 3 is 2.52 bits per heavy atom. The number of hydrogen-bond acceptors (Lipinski definition) is 4. The van der Waals surface area contributed by atoms with E-state index in [0.29, 0.717) is 31.2 Å². The molecule has 1 heterocycles. The Kier molecular flexibility index (Phi) is 10.6. The quantitative estimate of drug-likeness (QED) is 0.170. The summed E-state index contributed by atoms with van der Waals surface area (Å²) in [4.78, 5) is 20.1. The van der Waals surface area contributed by atoms with Crippen molar-refractivity contribution in [3.8, 4) is 5.75 Å². The first-order valence-electron chi connectivity index (χ1n) is 10.0. The molecule has 2 aromatic carbocycles. The molecule has 7 nitrogen and oxygen atoms in total. The molecule has 0 aliphatic carbocycles. The van der Waals surface area contributed by atoms with E-state index in [1.54, 1.807) is 31.6 Å². The molecular formula is C23H28IN5O2. The topological polar surface area (TPSA) is 87.6 Å². The zero-order valence-electron chi connectivity index (χ0n) is 17.5. The van der Waals surface area contributed by atoms with Gasteiger partial charge in [-0.25, -0.2) is 0 Å². The van der Waals surface area contributed by atoms with E-state index in [1.165, 1.54) is 10.8 Å². The predicted molar refractivity (Wildman–Crippen MR) is 135 cm³/mol. The molecule has 0 fully saturated rings. The van der Waals surface area contributed by atoms with Crippen molar-refractivity contribution in [3.63, 3.8) is 0 Å². The largest absolute Gasteiger partial charge is 0.494 e. The van der Waals surface area contributed by atoms with Gasteiger partial charge in [-0.2, -0.15) is 0 Å². The number of nitrogens with zero attached hydrogens (tertiary/aromatic N) is 2. The summed E-state index contributed by atoms with van der Waals surface area (Å²) < 4.78 is 5.84. The van der Waals surface area contributed by atoms with E-state index in [9.17, 15) is 4.79 Å². The highest BCUT2D eigenvalue weighted by Gasteiger charge is 2.04. The number of ether oxygens (including phenoxy) is 1. The number of rotatable bonds is 9. The smallest absolute Gasteiger partial charge is 0.252 e. The summed E-state index contributed by atoms with van der Waals surface area (Å²) in [5.74, 6) is 1.43. The Hall–Kier alpha value is -2.88. The van der Waals surface area contributed by atoms with Crippen molar-refractivity contribution in [1.29, 1.82) is 0 Å². The minimum Gasteiger partial charge on any atom is -0.494 e. The molecule has 8 heteroatoms. The highest BCUT2D eigenvalue weighted by atomic mass is 127. The third-order valence-corrected chi connectivity index (χ3v) is 4.45. The summed E-state index contributed by atoms with van der Waals surface area (Å²) in [7, 11) is 1.72. The number of fused-ring (bicyclic) bond motifs is 1. The van der Waals surface area contributed by atoms with Crippen molar-refractivity contribution < 1.29 is 9.53 Å². The van der Waals surface area contributed by atoms with Gasteiger partial charge in [0.15, 0.2) is 5.96 Å². The van der Waals surface area contributed by atoms with Crippen LogP contribution in [0.15, 0.2) is 72.0 Å². The summed E-state index contributed by atoms with van der Waals surface area (Å²) in [6, 6.07) is 17.8. The molecule has 1 aromatic heterocycles. The fourth-order valence-electron chi connectivity index (χ4n) is 2.90. The molecule has 0 spiro atoms. The molecule has 3 aromatic rings. The Bertz CT molecular complexity index is 982. The van der Waals surface area contributed by atoms with Crippen LogP contribution in [0.25, 0.3) is 10.8 Å². The second-order valence-corrected chi connectivity index (χ2v) is 6.63. The van der Waals surface area contributed by atoms with Gasteiger partial charge in [0.2, 0.25) is 0 Å². The SMILES string of the molecule is CN=C(NCCCOc1ccc2ccccc2c1)NCCNC(=O)c1cccnc1.I. The Morgan fingerprint density at radius 2 is 1.74 bits per heavy atom. The van der Waals surface area contributed by atoms with Gasteiger partial charge in [-0.15, -0.1) is 24.0 Å². The maximum Gasteiger partial charge on any atom is 0.252 e. The van der Waals surface area contributed by atoms with Crippen molar-refractivity contribution in [2.75, 3.05) is 33.3 Å². The molecular weight excluding hydrogens is 505 g/mol. The summed E-state index contributed by atoms with van der Waals surface area (Å²) in [5.41, 5.74) is 0.548. The van der Waals surface area contributed by atoms with E-state index in [1.807, 2.05) is 18.2 Å². The van der Waals surface area contributed by atoms with Gasteiger partial charge in [0, 0.05) is 39.1 Å². The minimum absolute atomic E-state index is 0. The van der Waals surface area contributed by atoms with Gasteiger partial charge in [-0.3, -0.25) is 14.8 Å². The lowest BCUT2D eigenvalue weighted by molar-refractivity contribution is 0.0954. The van der Waals surface area contributed by atoms with Crippen molar-refractivity contribution in [2.45, 2.75) is 6.42 Å². The van der Waals surface area contributed by atoms with Crippen molar-refractivity contribution >= 4 is 46.6 Å². The van der Waals surface area contributed by atoms with Crippen LogP contribution in [0.3, 0.4) is 0 Å².